The first-order valence-electron chi connectivity index (χ1n) is 6.25. The van der Waals surface area contributed by atoms with E-state index in [1.165, 1.54) is 6.20 Å². The van der Waals surface area contributed by atoms with Crippen molar-refractivity contribution in [1.82, 2.24) is 9.97 Å². The summed E-state index contributed by atoms with van der Waals surface area (Å²) in [6, 6.07) is 0. The molecular formula is C12H18FN5O. The third kappa shape index (κ3) is 2.51. The number of aliphatic imine (C=N–C) groups is 1. The topological polar surface area (TPSA) is 100 Å². The molecule has 4 atom stereocenters. The van der Waals surface area contributed by atoms with Gasteiger partial charge in [-0.25, -0.2) is 14.4 Å². The Kier molecular flexibility index (Phi) is 3.94. The van der Waals surface area contributed by atoms with Crippen LogP contribution in [0.15, 0.2) is 11.2 Å². The number of ether oxygens (including phenoxy) is 1. The van der Waals surface area contributed by atoms with Gasteiger partial charge in [0.05, 0.1) is 18.0 Å². The van der Waals surface area contributed by atoms with Gasteiger partial charge in [-0.2, -0.15) is 0 Å². The molecule has 6 nitrogen and oxygen atoms in total. The maximum Gasteiger partial charge on any atom is 0.173 e. The van der Waals surface area contributed by atoms with Crippen molar-refractivity contribution in [1.29, 1.82) is 5.41 Å². The molecule has 1 aromatic heterocycles. The summed E-state index contributed by atoms with van der Waals surface area (Å²) in [6.45, 7) is 3.82. The highest BCUT2D eigenvalue weighted by atomic mass is 19.1. The smallest absolute Gasteiger partial charge is 0.173 e. The molecule has 2 rings (SSSR count). The SMILES string of the molecule is CC[C@H]1O[C@@H](c2cnc(C(N)=NC=N)[nH]2)[C@H](F)[C@@H]1C. The number of aromatic nitrogens is 2. The van der Waals surface area contributed by atoms with Gasteiger partial charge in [0.15, 0.2) is 11.7 Å². The number of hydrogen-bond donors (Lipinski definition) is 3. The molecule has 0 saturated carbocycles. The molecule has 0 unspecified atom stereocenters. The van der Waals surface area contributed by atoms with Crippen molar-refractivity contribution in [2.75, 3.05) is 0 Å². The van der Waals surface area contributed by atoms with Crippen LogP contribution in [0.3, 0.4) is 0 Å². The van der Waals surface area contributed by atoms with E-state index in [1.54, 1.807) is 0 Å². The fourth-order valence-corrected chi connectivity index (χ4v) is 2.32. The first-order valence-corrected chi connectivity index (χ1v) is 6.25. The van der Waals surface area contributed by atoms with Gasteiger partial charge in [0.1, 0.15) is 18.6 Å². The Hall–Kier alpha value is -1.76. The molecular weight excluding hydrogens is 249 g/mol. The van der Waals surface area contributed by atoms with E-state index in [9.17, 15) is 4.39 Å². The normalized spacial score (nSPS) is 31.6. The molecule has 19 heavy (non-hydrogen) atoms. The Bertz CT molecular complexity index is 486. The maximum absolute atomic E-state index is 14.2. The molecule has 104 valence electrons. The van der Waals surface area contributed by atoms with Gasteiger partial charge in [0.25, 0.3) is 0 Å². The van der Waals surface area contributed by atoms with E-state index < -0.39 is 12.3 Å². The van der Waals surface area contributed by atoms with Crippen LogP contribution < -0.4 is 5.73 Å². The predicted octanol–water partition coefficient (Wildman–Crippen LogP) is 1.55. The van der Waals surface area contributed by atoms with Crippen LogP contribution in [-0.4, -0.2) is 34.4 Å². The third-order valence-electron chi connectivity index (χ3n) is 3.45. The number of nitrogens with one attached hydrogen (secondary N) is 2. The van der Waals surface area contributed by atoms with Crippen LogP contribution in [0.25, 0.3) is 0 Å². The Balaban J connectivity index is 2.20. The minimum Gasteiger partial charge on any atom is -0.381 e. The van der Waals surface area contributed by atoms with Gasteiger partial charge < -0.3 is 15.5 Å². The Labute approximate surface area is 110 Å². The van der Waals surface area contributed by atoms with Gasteiger partial charge in [-0.05, 0) is 6.42 Å². The van der Waals surface area contributed by atoms with Crippen molar-refractivity contribution in [3.05, 3.63) is 17.7 Å². The Morgan fingerprint density at radius 1 is 1.74 bits per heavy atom. The minimum absolute atomic E-state index is 0.0839. The standard InChI is InChI=1S/C12H18FN5O/c1-3-8-6(2)9(13)10(19-8)7-4-16-12(18-7)11(15)17-5-14/h4-6,8-10H,3H2,1-2H3,(H,16,18)(H3,14,15,17)/t6-,8-,9-,10+/m1/s1. The van der Waals surface area contributed by atoms with Crippen molar-refractivity contribution >= 4 is 12.2 Å². The van der Waals surface area contributed by atoms with Gasteiger partial charge in [0.2, 0.25) is 0 Å². The second-order valence-electron chi connectivity index (χ2n) is 4.64. The van der Waals surface area contributed by atoms with Gasteiger partial charge in [-0.15, -0.1) is 0 Å². The highest BCUT2D eigenvalue weighted by molar-refractivity contribution is 5.98. The molecule has 4 N–H and O–H groups in total. The number of nitrogens with zero attached hydrogens (tertiary/aromatic N) is 2. The van der Waals surface area contributed by atoms with E-state index in [0.717, 1.165) is 12.8 Å². The van der Waals surface area contributed by atoms with E-state index in [-0.39, 0.29) is 17.9 Å². The molecule has 0 radical (unpaired) electrons. The number of imidazole rings is 1. The van der Waals surface area contributed by atoms with E-state index in [0.29, 0.717) is 11.5 Å². The molecule has 1 fully saturated rings. The highest BCUT2D eigenvalue weighted by Gasteiger charge is 2.42. The molecule has 0 spiro atoms. The number of nitrogens with two attached hydrogens (primary N) is 1. The molecule has 1 aromatic rings. The summed E-state index contributed by atoms with van der Waals surface area (Å²) >= 11 is 0. The van der Waals surface area contributed by atoms with Crippen molar-refractivity contribution in [2.24, 2.45) is 16.6 Å². The molecule has 2 heterocycles. The summed E-state index contributed by atoms with van der Waals surface area (Å²) < 4.78 is 19.9. The summed E-state index contributed by atoms with van der Waals surface area (Å²) in [7, 11) is 0. The van der Waals surface area contributed by atoms with Crippen LogP contribution in [0.4, 0.5) is 4.39 Å². The zero-order chi connectivity index (χ0) is 14.0. The van der Waals surface area contributed by atoms with E-state index in [1.807, 2.05) is 13.8 Å². The molecule has 1 saturated heterocycles. The van der Waals surface area contributed by atoms with Gasteiger partial charge in [-0.1, -0.05) is 13.8 Å². The maximum atomic E-state index is 14.2. The number of rotatable bonds is 4. The quantitative estimate of drug-likeness (QED) is 0.570. The van der Waals surface area contributed by atoms with Crippen molar-refractivity contribution in [2.45, 2.75) is 38.6 Å². The van der Waals surface area contributed by atoms with Crippen LogP contribution in [0.5, 0.6) is 0 Å². The summed E-state index contributed by atoms with van der Waals surface area (Å²) in [6.07, 6.45) is 1.31. The number of amidine groups is 1. The van der Waals surface area contributed by atoms with Gasteiger partial charge in [0, 0.05) is 5.92 Å². The van der Waals surface area contributed by atoms with E-state index in [2.05, 4.69) is 15.0 Å². The number of hydrogen-bond acceptors (Lipinski definition) is 3. The number of alkyl halides is 1. The second kappa shape index (κ2) is 5.48. The van der Waals surface area contributed by atoms with Crippen LogP contribution in [-0.2, 0) is 4.74 Å². The molecule has 1 aliphatic heterocycles. The first-order chi connectivity index (χ1) is 9.08. The van der Waals surface area contributed by atoms with Crippen LogP contribution in [0.2, 0.25) is 0 Å². The van der Waals surface area contributed by atoms with Gasteiger partial charge in [-0.3, -0.25) is 5.41 Å². The molecule has 1 aliphatic rings. The Morgan fingerprint density at radius 2 is 2.47 bits per heavy atom. The molecule has 0 amide bonds. The van der Waals surface area contributed by atoms with Gasteiger partial charge >= 0.3 is 0 Å². The monoisotopic (exact) mass is 267 g/mol. The summed E-state index contributed by atoms with van der Waals surface area (Å²) in [5.74, 6) is 0.269. The lowest BCUT2D eigenvalue weighted by atomic mass is 9.97. The van der Waals surface area contributed by atoms with Crippen LogP contribution >= 0.6 is 0 Å². The lowest BCUT2D eigenvalue weighted by Gasteiger charge is -2.11. The number of aromatic amines is 1. The third-order valence-corrected chi connectivity index (χ3v) is 3.45. The molecule has 7 heteroatoms. The largest absolute Gasteiger partial charge is 0.381 e. The molecule has 0 aromatic carbocycles. The van der Waals surface area contributed by atoms with Crippen molar-refractivity contribution in [3.8, 4) is 0 Å². The predicted molar refractivity (Wildman–Crippen MR) is 70.1 cm³/mol. The van der Waals surface area contributed by atoms with Crippen LogP contribution in [0.1, 0.15) is 37.9 Å². The zero-order valence-electron chi connectivity index (χ0n) is 10.9. The Morgan fingerprint density at radius 3 is 3.05 bits per heavy atom. The summed E-state index contributed by atoms with van der Waals surface area (Å²) in [5.41, 5.74) is 6.15. The van der Waals surface area contributed by atoms with Crippen molar-refractivity contribution in [3.63, 3.8) is 0 Å². The second-order valence-corrected chi connectivity index (χ2v) is 4.64. The highest BCUT2D eigenvalue weighted by Crippen LogP contribution is 2.39. The van der Waals surface area contributed by atoms with E-state index >= 15 is 0 Å². The number of halogens is 1. The number of H-pyrrole nitrogens is 1. The van der Waals surface area contributed by atoms with Crippen LogP contribution in [0, 0.1) is 11.3 Å². The van der Waals surface area contributed by atoms with E-state index in [4.69, 9.17) is 15.9 Å². The average molecular weight is 267 g/mol. The summed E-state index contributed by atoms with van der Waals surface area (Å²) in [4.78, 5) is 10.5. The fraction of sp³-hybridized carbons (Fsp3) is 0.583. The fourth-order valence-electron chi connectivity index (χ4n) is 2.32. The molecule has 0 aliphatic carbocycles. The minimum atomic E-state index is -1.07. The molecule has 0 bridgehead atoms. The summed E-state index contributed by atoms with van der Waals surface area (Å²) in [5, 5.41) is 6.85. The first kappa shape index (κ1) is 13.7. The zero-order valence-corrected chi connectivity index (χ0v) is 10.9. The lowest BCUT2D eigenvalue weighted by molar-refractivity contribution is 0.0208. The lowest BCUT2D eigenvalue weighted by Crippen LogP contribution is -2.18. The van der Waals surface area contributed by atoms with Crippen molar-refractivity contribution < 1.29 is 9.13 Å². The average Bonchev–Trinajstić information content (AvgIpc) is 2.97.